The van der Waals surface area contributed by atoms with E-state index < -0.39 is 0 Å². The smallest absolute Gasteiger partial charge is 0.336 e. The summed E-state index contributed by atoms with van der Waals surface area (Å²) in [5.74, 6) is 0.129. The number of para-hydroxylation sites is 1. The molecule has 25 heavy (non-hydrogen) atoms. The summed E-state index contributed by atoms with van der Waals surface area (Å²) in [5, 5.41) is 2.76. The minimum atomic E-state index is -0.374. The number of hydrogen-bond donors (Lipinski definition) is 1. The molecule has 0 unspecified atom stereocenters. The van der Waals surface area contributed by atoms with Crippen LogP contribution in [0.2, 0.25) is 0 Å². The zero-order chi connectivity index (χ0) is 18.4. The van der Waals surface area contributed by atoms with Gasteiger partial charge in [0, 0.05) is 23.6 Å². The Hall–Kier alpha value is -2.30. The first-order valence-corrected chi connectivity index (χ1v) is 8.83. The topological polar surface area (TPSA) is 64.6 Å². The molecule has 1 aromatic carbocycles. The molecule has 0 saturated carbocycles. The van der Waals surface area contributed by atoms with Crippen molar-refractivity contribution in [3.63, 3.8) is 0 Å². The van der Waals surface area contributed by atoms with Crippen molar-refractivity contribution in [2.45, 2.75) is 46.5 Å². The molecule has 1 N–H and O–H groups in total. The van der Waals surface area contributed by atoms with Crippen LogP contribution in [0.15, 0.2) is 35.5 Å². The maximum absolute atomic E-state index is 12.7. The minimum absolute atomic E-state index is 0.104. The highest BCUT2D eigenvalue weighted by molar-refractivity contribution is 5.96. The number of amides is 1. The van der Waals surface area contributed by atoms with E-state index in [0.29, 0.717) is 30.2 Å². The van der Waals surface area contributed by atoms with Crippen LogP contribution in [-0.4, -0.2) is 25.1 Å². The van der Waals surface area contributed by atoms with Crippen molar-refractivity contribution in [3.05, 3.63) is 41.1 Å². The van der Waals surface area contributed by atoms with Crippen molar-refractivity contribution in [1.29, 1.82) is 0 Å². The number of carbonyl (C=O) groups excluding carboxylic acids is 2. The molecule has 0 spiro atoms. The van der Waals surface area contributed by atoms with Gasteiger partial charge in [0.2, 0.25) is 5.91 Å². The normalized spacial score (nSPS) is 17.5. The van der Waals surface area contributed by atoms with Crippen molar-refractivity contribution in [1.82, 2.24) is 5.32 Å². The van der Waals surface area contributed by atoms with Gasteiger partial charge in [0.1, 0.15) is 5.75 Å². The van der Waals surface area contributed by atoms with Gasteiger partial charge in [0.15, 0.2) is 0 Å². The van der Waals surface area contributed by atoms with Gasteiger partial charge in [0.05, 0.1) is 18.8 Å². The van der Waals surface area contributed by atoms with Crippen LogP contribution in [0, 0.1) is 5.92 Å². The second-order valence-corrected chi connectivity index (χ2v) is 6.72. The molecule has 0 aliphatic carbocycles. The zero-order valence-electron chi connectivity index (χ0n) is 15.4. The van der Waals surface area contributed by atoms with E-state index >= 15 is 0 Å². The molecule has 1 heterocycles. The number of allylic oxidation sites excluding steroid dienone is 1. The summed E-state index contributed by atoms with van der Waals surface area (Å²) in [6.45, 7) is 8.70. The Morgan fingerprint density at radius 3 is 2.72 bits per heavy atom. The van der Waals surface area contributed by atoms with Gasteiger partial charge in [-0.15, -0.1) is 0 Å². The van der Waals surface area contributed by atoms with Crippen molar-refractivity contribution in [2.24, 2.45) is 5.92 Å². The number of esters is 1. The van der Waals surface area contributed by atoms with Gasteiger partial charge < -0.3 is 14.8 Å². The van der Waals surface area contributed by atoms with Crippen LogP contribution in [0.25, 0.3) is 0 Å². The largest absolute Gasteiger partial charge is 0.493 e. The summed E-state index contributed by atoms with van der Waals surface area (Å²) in [6.07, 6.45) is 1.09. The maximum Gasteiger partial charge on any atom is 0.336 e. The van der Waals surface area contributed by atoms with Gasteiger partial charge in [-0.1, -0.05) is 39.0 Å². The number of nitrogens with one attached hydrogen (secondary N) is 1. The predicted molar refractivity (Wildman–Crippen MR) is 96.2 cm³/mol. The van der Waals surface area contributed by atoms with Crippen molar-refractivity contribution in [2.75, 3.05) is 13.2 Å². The molecule has 1 aliphatic heterocycles. The molecular formula is C20H27NO4. The fourth-order valence-electron chi connectivity index (χ4n) is 2.87. The second kappa shape index (κ2) is 8.70. The van der Waals surface area contributed by atoms with E-state index in [1.165, 1.54) is 0 Å². The van der Waals surface area contributed by atoms with Gasteiger partial charge in [0.25, 0.3) is 0 Å². The Morgan fingerprint density at radius 1 is 1.32 bits per heavy atom. The fraction of sp³-hybridized carbons (Fsp3) is 0.500. The molecule has 0 radical (unpaired) electrons. The molecule has 0 bridgehead atoms. The van der Waals surface area contributed by atoms with E-state index in [1.54, 1.807) is 6.92 Å². The molecule has 5 heteroatoms. The lowest BCUT2D eigenvalue weighted by atomic mass is 9.84. The number of rotatable bonds is 7. The molecule has 1 aliphatic rings. The molecular weight excluding hydrogens is 318 g/mol. The molecule has 136 valence electrons. The summed E-state index contributed by atoms with van der Waals surface area (Å²) in [4.78, 5) is 24.7. The van der Waals surface area contributed by atoms with E-state index in [9.17, 15) is 9.59 Å². The van der Waals surface area contributed by atoms with Crippen LogP contribution in [-0.2, 0) is 14.3 Å². The minimum Gasteiger partial charge on any atom is -0.493 e. The number of hydrogen-bond acceptors (Lipinski definition) is 4. The Balaban J connectivity index is 2.38. The van der Waals surface area contributed by atoms with Gasteiger partial charge in [-0.3, -0.25) is 4.79 Å². The first-order valence-electron chi connectivity index (χ1n) is 8.83. The summed E-state index contributed by atoms with van der Waals surface area (Å²) in [5.41, 5.74) is 1.91. The van der Waals surface area contributed by atoms with Gasteiger partial charge in [-0.2, -0.15) is 0 Å². The summed E-state index contributed by atoms with van der Waals surface area (Å²) in [7, 11) is 0. The lowest BCUT2D eigenvalue weighted by Crippen LogP contribution is -2.34. The van der Waals surface area contributed by atoms with Crippen LogP contribution >= 0.6 is 0 Å². The fourth-order valence-corrected chi connectivity index (χ4v) is 2.87. The average Bonchev–Trinajstić information content (AvgIpc) is 2.57. The predicted octanol–water partition coefficient (Wildman–Crippen LogP) is 3.55. The quantitative estimate of drug-likeness (QED) is 0.768. The number of carbonyl (C=O) groups is 2. The molecule has 5 nitrogen and oxygen atoms in total. The van der Waals surface area contributed by atoms with E-state index in [2.05, 4.69) is 5.32 Å². The van der Waals surface area contributed by atoms with E-state index in [4.69, 9.17) is 9.47 Å². The number of benzene rings is 1. The zero-order valence-corrected chi connectivity index (χ0v) is 15.4. The van der Waals surface area contributed by atoms with Crippen LogP contribution in [0.1, 0.15) is 52.0 Å². The van der Waals surface area contributed by atoms with Crippen molar-refractivity contribution < 1.29 is 19.1 Å². The van der Waals surface area contributed by atoms with Crippen LogP contribution in [0.5, 0.6) is 5.75 Å². The highest BCUT2D eigenvalue weighted by atomic mass is 16.5. The lowest BCUT2D eigenvalue weighted by molar-refractivity contribution is -0.140. The van der Waals surface area contributed by atoms with Crippen LogP contribution in [0.4, 0.5) is 0 Å². The summed E-state index contributed by atoms with van der Waals surface area (Å²) < 4.78 is 11.3. The average molecular weight is 345 g/mol. The van der Waals surface area contributed by atoms with Gasteiger partial charge >= 0.3 is 5.97 Å². The van der Waals surface area contributed by atoms with Crippen molar-refractivity contribution >= 4 is 11.9 Å². The molecule has 1 amide bonds. The Morgan fingerprint density at radius 2 is 2.04 bits per heavy atom. The Kier molecular flexibility index (Phi) is 6.62. The van der Waals surface area contributed by atoms with E-state index in [1.807, 2.05) is 45.0 Å². The number of ether oxygens (including phenoxy) is 2. The molecule has 0 saturated heterocycles. The monoisotopic (exact) mass is 345 g/mol. The highest BCUT2D eigenvalue weighted by Gasteiger charge is 2.34. The molecule has 2 rings (SSSR count). The standard InChI is InChI=1S/C20H27NO4/c1-5-10-24-17-9-7-6-8-15(17)16-11-18(22)21-14(4)19(16)20(23)25-12-13(2)3/h6-9,13,16H,5,10-12H2,1-4H3,(H,21,22)/t16-/m0/s1. The molecule has 1 atom stereocenters. The summed E-state index contributed by atoms with van der Waals surface area (Å²) in [6, 6.07) is 7.58. The lowest BCUT2D eigenvalue weighted by Gasteiger charge is -2.28. The van der Waals surface area contributed by atoms with Crippen LogP contribution in [0.3, 0.4) is 0 Å². The second-order valence-electron chi connectivity index (χ2n) is 6.72. The van der Waals surface area contributed by atoms with Gasteiger partial charge in [-0.05, 0) is 25.3 Å². The highest BCUT2D eigenvalue weighted by Crippen LogP contribution is 2.38. The van der Waals surface area contributed by atoms with Crippen molar-refractivity contribution in [3.8, 4) is 5.75 Å². The maximum atomic E-state index is 12.7. The molecule has 0 aromatic heterocycles. The molecule has 1 aromatic rings. The molecule has 0 fully saturated rings. The van der Waals surface area contributed by atoms with Gasteiger partial charge in [-0.25, -0.2) is 4.79 Å². The SMILES string of the molecule is CCCOc1ccccc1[C@@H]1CC(=O)NC(C)=C1C(=O)OCC(C)C. The third-order valence-corrected chi connectivity index (χ3v) is 3.99. The van der Waals surface area contributed by atoms with E-state index in [0.717, 1.165) is 12.0 Å². The third kappa shape index (κ3) is 4.84. The van der Waals surface area contributed by atoms with Crippen LogP contribution < -0.4 is 10.1 Å². The summed E-state index contributed by atoms with van der Waals surface area (Å²) >= 11 is 0. The Bertz CT molecular complexity index is 663. The first-order chi connectivity index (χ1) is 11.9. The van der Waals surface area contributed by atoms with E-state index in [-0.39, 0.29) is 30.1 Å². The first kappa shape index (κ1) is 19.0. The Labute approximate surface area is 149 Å². The third-order valence-electron chi connectivity index (χ3n) is 3.99.